The first-order chi connectivity index (χ1) is 8.74. The number of thioether (sulfide) groups is 1. The predicted octanol–water partition coefficient (Wildman–Crippen LogP) is 0.682. The fourth-order valence-electron chi connectivity index (χ4n) is 2.58. The van der Waals surface area contributed by atoms with Crippen LogP contribution >= 0.6 is 11.8 Å². The zero-order valence-corrected chi connectivity index (χ0v) is 12.1. The van der Waals surface area contributed by atoms with Gasteiger partial charge in [-0.25, -0.2) is 0 Å². The lowest BCUT2D eigenvalue weighted by molar-refractivity contribution is -0.119. The summed E-state index contributed by atoms with van der Waals surface area (Å²) in [5.41, 5.74) is 0. The number of likely N-dealkylation sites (tertiary alicyclic amines) is 1. The van der Waals surface area contributed by atoms with Crippen molar-refractivity contribution >= 4 is 17.7 Å². The number of nitrogens with one attached hydrogen (secondary N) is 2. The van der Waals surface area contributed by atoms with Crippen molar-refractivity contribution in [3.8, 4) is 0 Å². The minimum absolute atomic E-state index is 0.230. The molecule has 0 aromatic rings. The molecule has 2 aliphatic rings. The van der Waals surface area contributed by atoms with E-state index < -0.39 is 0 Å². The van der Waals surface area contributed by atoms with Gasteiger partial charge in [-0.05, 0) is 58.9 Å². The summed E-state index contributed by atoms with van der Waals surface area (Å²) in [6.45, 7) is 4.42. The largest absolute Gasteiger partial charge is 0.353 e. The summed E-state index contributed by atoms with van der Waals surface area (Å²) < 4.78 is 0. The molecule has 5 heteroatoms. The molecule has 2 N–H and O–H groups in total. The van der Waals surface area contributed by atoms with E-state index in [1.165, 1.54) is 12.8 Å². The molecule has 0 aromatic heterocycles. The summed E-state index contributed by atoms with van der Waals surface area (Å²) in [7, 11) is 2.14. The van der Waals surface area contributed by atoms with Gasteiger partial charge in [-0.15, -0.1) is 11.8 Å². The third kappa shape index (κ3) is 4.78. The van der Waals surface area contributed by atoms with E-state index in [9.17, 15) is 4.79 Å². The number of rotatable bonds is 4. The number of hydrogen-bond acceptors (Lipinski definition) is 4. The van der Waals surface area contributed by atoms with Crippen LogP contribution < -0.4 is 10.6 Å². The molecule has 2 rings (SSSR count). The normalized spacial score (nSPS) is 24.1. The molecule has 0 aliphatic carbocycles. The van der Waals surface area contributed by atoms with Gasteiger partial charge in [0.2, 0.25) is 5.91 Å². The van der Waals surface area contributed by atoms with Gasteiger partial charge in [0.25, 0.3) is 0 Å². The number of carbonyl (C=O) groups is 1. The van der Waals surface area contributed by atoms with Crippen molar-refractivity contribution in [3.05, 3.63) is 0 Å². The van der Waals surface area contributed by atoms with Gasteiger partial charge in [0.1, 0.15) is 0 Å². The Morgan fingerprint density at radius 1 is 1.28 bits per heavy atom. The zero-order chi connectivity index (χ0) is 12.8. The number of piperidine rings is 2. The van der Waals surface area contributed by atoms with E-state index in [4.69, 9.17) is 0 Å². The molecule has 0 radical (unpaired) electrons. The van der Waals surface area contributed by atoms with E-state index in [0.29, 0.717) is 17.0 Å². The lowest BCUT2D eigenvalue weighted by atomic mass is 10.1. The zero-order valence-electron chi connectivity index (χ0n) is 11.3. The standard InChI is InChI=1S/C13H25N3OS/c1-16-8-4-11(5-9-16)15-13(17)10-18-12-2-6-14-7-3-12/h11-12,14H,2-10H2,1H3,(H,15,17). The van der Waals surface area contributed by atoms with E-state index in [1.807, 2.05) is 11.8 Å². The van der Waals surface area contributed by atoms with Crippen molar-refractivity contribution < 1.29 is 4.79 Å². The van der Waals surface area contributed by atoms with Crippen LogP contribution in [0, 0.1) is 0 Å². The van der Waals surface area contributed by atoms with Gasteiger partial charge in [-0.1, -0.05) is 0 Å². The second kappa shape index (κ2) is 7.36. The molecule has 4 nitrogen and oxygen atoms in total. The minimum atomic E-state index is 0.230. The van der Waals surface area contributed by atoms with Gasteiger partial charge in [-0.2, -0.15) is 0 Å². The minimum Gasteiger partial charge on any atom is -0.353 e. The molecule has 0 bridgehead atoms. The van der Waals surface area contributed by atoms with Crippen LogP contribution in [0.5, 0.6) is 0 Å². The van der Waals surface area contributed by atoms with Gasteiger partial charge in [0.05, 0.1) is 5.75 Å². The molecule has 18 heavy (non-hydrogen) atoms. The quantitative estimate of drug-likeness (QED) is 0.789. The summed E-state index contributed by atoms with van der Waals surface area (Å²) in [6, 6.07) is 0.405. The van der Waals surface area contributed by atoms with Crippen molar-refractivity contribution in [1.82, 2.24) is 15.5 Å². The molecule has 2 heterocycles. The number of carbonyl (C=O) groups excluding carboxylic acids is 1. The molecular weight excluding hydrogens is 246 g/mol. The highest BCUT2D eigenvalue weighted by Crippen LogP contribution is 2.19. The van der Waals surface area contributed by atoms with E-state index in [2.05, 4.69) is 22.6 Å². The maximum atomic E-state index is 11.9. The van der Waals surface area contributed by atoms with Crippen molar-refractivity contribution in [1.29, 1.82) is 0 Å². The van der Waals surface area contributed by atoms with Gasteiger partial charge in [0.15, 0.2) is 0 Å². The number of hydrogen-bond donors (Lipinski definition) is 2. The molecule has 0 aromatic carbocycles. The maximum Gasteiger partial charge on any atom is 0.230 e. The fraction of sp³-hybridized carbons (Fsp3) is 0.923. The highest BCUT2D eigenvalue weighted by atomic mass is 32.2. The average molecular weight is 271 g/mol. The Balaban J connectivity index is 1.59. The Morgan fingerprint density at radius 2 is 1.94 bits per heavy atom. The summed E-state index contributed by atoms with van der Waals surface area (Å²) in [4.78, 5) is 14.2. The van der Waals surface area contributed by atoms with Crippen LogP contribution in [-0.4, -0.2) is 61.1 Å². The van der Waals surface area contributed by atoms with Crippen LogP contribution in [0.2, 0.25) is 0 Å². The Morgan fingerprint density at radius 3 is 2.61 bits per heavy atom. The van der Waals surface area contributed by atoms with Crippen molar-refractivity contribution in [2.45, 2.75) is 37.0 Å². The first kappa shape index (κ1) is 14.2. The van der Waals surface area contributed by atoms with Crippen LogP contribution in [0.1, 0.15) is 25.7 Å². The van der Waals surface area contributed by atoms with Crippen molar-refractivity contribution in [2.24, 2.45) is 0 Å². The van der Waals surface area contributed by atoms with Crippen LogP contribution in [0.15, 0.2) is 0 Å². The van der Waals surface area contributed by atoms with Crippen LogP contribution in [0.4, 0.5) is 0 Å². The first-order valence-corrected chi connectivity index (χ1v) is 8.09. The van der Waals surface area contributed by atoms with Gasteiger partial charge < -0.3 is 15.5 Å². The molecular formula is C13H25N3OS. The van der Waals surface area contributed by atoms with E-state index >= 15 is 0 Å². The molecule has 0 saturated carbocycles. The third-order valence-corrected chi connectivity index (χ3v) is 5.19. The smallest absolute Gasteiger partial charge is 0.230 e. The van der Waals surface area contributed by atoms with Gasteiger partial charge >= 0.3 is 0 Å². The van der Waals surface area contributed by atoms with E-state index in [-0.39, 0.29) is 5.91 Å². The summed E-state index contributed by atoms with van der Waals surface area (Å²) >= 11 is 1.83. The SMILES string of the molecule is CN1CCC(NC(=O)CSC2CCNCC2)CC1. The number of nitrogens with zero attached hydrogens (tertiary/aromatic N) is 1. The van der Waals surface area contributed by atoms with Crippen molar-refractivity contribution in [3.63, 3.8) is 0 Å². The van der Waals surface area contributed by atoms with Crippen LogP contribution in [-0.2, 0) is 4.79 Å². The Kier molecular flexibility index (Phi) is 5.79. The fourth-order valence-corrected chi connectivity index (χ4v) is 3.62. The van der Waals surface area contributed by atoms with E-state index in [0.717, 1.165) is 39.0 Å². The predicted molar refractivity (Wildman–Crippen MR) is 77.0 cm³/mol. The molecule has 0 unspecified atom stereocenters. The Hall–Kier alpha value is -0.260. The molecule has 0 atom stereocenters. The summed E-state index contributed by atoms with van der Waals surface area (Å²) in [5.74, 6) is 0.866. The maximum absolute atomic E-state index is 11.9. The van der Waals surface area contributed by atoms with E-state index in [1.54, 1.807) is 0 Å². The highest BCUT2D eigenvalue weighted by molar-refractivity contribution is 8.00. The second-order valence-corrected chi connectivity index (χ2v) is 6.69. The van der Waals surface area contributed by atoms with Gasteiger partial charge in [0, 0.05) is 11.3 Å². The monoisotopic (exact) mass is 271 g/mol. The Bertz CT molecular complexity index is 261. The molecule has 104 valence electrons. The summed E-state index contributed by atoms with van der Waals surface area (Å²) in [5, 5.41) is 7.21. The van der Waals surface area contributed by atoms with Crippen LogP contribution in [0.3, 0.4) is 0 Å². The average Bonchev–Trinajstić information content (AvgIpc) is 2.40. The summed E-state index contributed by atoms with van der Waals surface area (Å²) in [6.07, 6.45) is 4.60. The molecule has 1 amide bonds. The molecule has 2 aliphatic heterocycles. The lowest BCUT2D eigenvalue weighted by Crippen LogP contribution is -2.44. The van der Waals surface area contributed by atoms with Gasteiger partial charge in [-0.3, -0.25) is 4.79 Å². The van der Waals surface area contributed by atoms with Crippen LogP contribution in [0.25, 0.3) is 0 Å². The number of amides is 1. The molecule has 2 saturated heterocycles. The second-order valence-electron chi connectivity index (χ2n) is 5.41. The third-order valence-electron chi connectivity index (χ3n) is 3.82. The highest BCUT2D eigenvalue weighted by Gasteiger charge is 2.19. The molecule has 2 fully saturated rings. The topological polar surface area (TPSA) is 44.4 Å². The Labute approximate surface area is 114 Å². The first-order valence-electron chi connectivity index (χ1n) is 7.04. The molecule has 0 spiro atoms. The lowest BCUT2D eigenvalue weighted by Gasteiger charge is -2.29. The van der Waals surface area contributed by atoms with Crippen molar-refractivity contribution in [2.75, 3.05) is 39.0 Å².